The van der Waals surface area contributed by atoms with E-state index in [4.69, 9.17) is 9.84 Å². The van der Waals surface area contributed by atoms with E-state index >= 15 is 0 Å². The van der Waals surface area contributed by atoms with Gasteiger partial charge in [-0.1, -0.05) is 0 Å². The highest BCUT2D eigenvalue weighted by molar-refractivity contribution is 7.99. The van der Waals surface area contributed by atoms with E-state index in [0.29, 0.717) is 11.9 Å². The third-order valence-corrected chi connectivity index (χ3v) is 4.67. The van der Waals surface area contributed by atoms with Crippen LogP contribution in [0.2, 0.25) is 0 Å². The Kier molecular flexibility index (Phi) is 8.17. The van der Waals surface area contributed by atoms with Crippen molar-refractivity contribution in [3.63, 3.8) is 0 Å². The summed E-state index contributed by atoms with van der Waals surface area (Å²) in [5, 5.41) is 43.4. The Balaban J connectivity index is 2.97. The predicted octanol–water partition coefficient (Wildman–Crippen LogP) is -2.18. The summed E-state index contributed by atoms with van der Waals surface area (Å²) in [6, 6.07) is -2.79. The average Bonchev–Trinajstić information content (AvgIpc) is 2.58. The highest BCUT2D eigenvalue weighted by Crippen LogP contribution is 2.30. The molecule has 0 aliphatic carbocycles. The van der Waals surface area contributed by atoms with E-state index in [0.717, 1.165) is 7.11 Å². The van der Waals surface area contributed by atoms with Gasteiger partial charge < -0.3 is 40.5 Å². The molecule has 26 heavy (non-hydrogen) atoms. The summed E-state index contributed by atoms with van der Waals surface area (Å²) in [5.74, 6) is -0.891. The van der Waals surface area contributed by atoms with Crippen molar-refractivity contribution in [1.82, 2.24) is 10.6 Å². The minimum atomic E-state index is -1.73. The molecule has 0 radical (unpaired) electrons. The topological polar surface area (TPSA) is 187 Å². The van der Waals surface area contributed by atoms with E-state index in [1.54, 1.807) is 0 Å². The molecule has 6 unspecified atom stereocenters. The molecule has 0 aromatic carbocycles. The highest BCUT2D eigenvalue weighted by atomic mass is 32.2. The Hall–Kier alpha value is -1.51. The fourth-order valence-electron chi connectivity index (χ4n) is 2.38. The SMILES string of the molecule is COC(=O)NC(C(=O)NC1C(O)OC(CO)C(O)C1O)C(C)(C)SN=O. The molecule has 0 aromatic rings. The van der Waals surface area contributed by atoms with Crippen molar-refractivity contribution < 1.29 is 39.5 Å². The van der Waals surface area contributed by atoms with Crippen LogP contribution < -0.4 is 10.6 Å². The molecule has 0 saturated carbocycles. The molecule has 6 N–H and O–H groups in total. The number of nitrogens with zero attached hydrogens (tertiary/aromatic N) is 1. The van der Waals surface area contributed by atoms with Crippen LogP contribution in [-0.4, -0.2) is 87.6 Å². The molecule has 1 rings (SSSR count). The van der Waals surface area contributed by atoms with E-state index in [1.807, 2.05) is 0 Å². The van der Waals surface area contributed by atoms with Gasteiger partial charge in [0.1, 0.15) is 30.4 Å². The quantitative estimate of drug-likeness (QED) is 0.204. The second-order valence-corrected chi connectivity index (χ2v) is 7.49. The lowest BCUT2D eigenvalue weighted by Gasteiger charge is -2.41. The predicted molar refractivity (Wildman–Crippen MR) is 88.7 cm³/mol. The number of nitrogens with one attached hydrogen (secondary N) is 2. The van der Waals surface area contributed by atoms with Crippen LogP contribution in [0, 0.1) is 4.91 Å². The van der Waals surface area contributed by atoms with Gasteiger partial charge in [-0.2, -0.15) is 0 Å². The molecule has 0 spiro atoms. The molecule has 1 saturated heterocycles. The van der Waals surface area contributed by atoms with Crippen LogP contribution in [0.4, 0.5) is 4.79 Å². The standard InChI is InChI=1S/C13H23N3O9S/c1-13(2,26-16-23)9(15-12(22)24-3)10(20)14-6-8(19)7(18)5(4-17)25-11(6)21/h5-9,11,17-19,21H,4H2,1-3H3,(H,14,20)(H,15,22). The normalized spacial score (nSPS) is 30.2. The maximum Gasteiger partial charge on any atom is 0.407 e. The van der Waals surface area contributed by atoms with Gasteiger partial charge in [0.25, 0.3) is 0 Å². The molecule has 150 valence electrons. The van der Waals surface area contributed by atoms with Crippen molar-refractivity contribution in [2.75, 3.05) is 13.7 Å². The van der Waals surface area contributed by atoms with Crippen molar-refractivity contribution in [3.8, 4) is 0 Å². The summed E-state index contributed by atoms with van der Waals surface area (Å²) in [6.45, 7) is 2.26. The zero-order valence-corrected chi connectivity index (χ0v) is 15.2. The number of nitroso groups, excluding NO2 is 1. The zero-order chi connectivity index (χ0) is 20.1. The van der Waals surface area contributed by atoms with Crippen molar-refractivity contribution >= 4 is 23.9 Å². The van der Waals surface area contributed by atoms with E-state index in [1.165, 1.54) is 13.8 Å². The Morgan fingerprint density at radius 3 is 2.42 bits per heavy atom. The van der Waals surface area contributed by atoms with E-state index in [2.05, 4.69) is 20.0 Å². The molecule has 2 amide bonds. The number of ether oxygens (including phenoxy) is 2. The summed E-state index contributed by atoms with van der Waals surface area (Å²) < 4.78 is 10.8. The first kappa shape index (κ1) is 22.5. The van der Waals surface area contributed by atoms with Gasteiger partial charge in [0.15, 0.2) is 6.29 Å². The second kappa shape index (κ2) is 9.43. The minimum Gasteiger partial charge on any atom is -0.453 e. The maximum atomic E-state index is 12.6. The summed E-state index contributed by atoms with van der Waals surface area (Å²) in [7, 11) is 1.08. The fourth-order valence-corrected chi connectivity index (χ4v) is 2.84. The van der Waals surface area contributed by atoms with Crippen LogP contribution in [0.5, 0.6) is 0 Å². The lowest BCUT2D eigenvalue weighted by molar-refractivity contribution is -0.254. The van der Waals surface area contributed by atoms with E-state index in [9.17, 15) is 29.8 Å². The van der Waals surface area contributed by atoms with Crippen LogP contribution >= 0.6 is 11.9 Å². The Bertz CT molecular complexity index is 521. The molecule has 1 aliphatic rings. The molecule has 1 heterocycles. The molecular formula is C13H23N3O9S. The van der Waals surface area contributed by atoms with E-state index < -0.39 is 60.0 Å². The van der Waals surface area contributed by atoms with Crippen LogP contribution in [0.1, 0.15) is 13.8 Å². The Morgan fingerprint density at radius 2 is 1.92 bits per heavy atom. The van der Waals surface area contributed by atoms with Gasteiger partial charge in [-0.05, 0) is 13.8 Å². The van der Waals surface area contributed by atoms with Crippen LogP contribution in [0.3, 0.4) is 0 Å². The van der Waals surface area contributed by atoms with Crippen molar-refractivity contribution in [2.24, 2.45) is 4.58 Å². The first-order valence-electron chi connectivity index (χ1n) is 7.55. The number of carbonyl (C=O) groups excluding carboxylic acids is 2. The number of aliphatic hydroxyl groups is 4. The minimum absolute atomic E-state index is 0.490. The van der Waals surface area contributed by atoms with Crippen LogP contribution in [0.25, 0.3) is 0 Å². The number of hydrogen-bond acceptors (Lipinski definition) is 11. The lowest BCUT2D eigenvalue weighted by atomic mass is 9.95. The van der Waals surface area contributed by atoms with Crippen molar-refractivity contribution in [3.05, 3.63) is 4.91 Å². The molecule has 1 aliphatic heterocycles. The number of amides is 2. The zero-order valence-electron chi connectivity index (χ0n) is 14.4. The molecule has 0 aromatic heterocycles. The van der Waals surface area contributed by atoms with Gasteiger partial charge in [-0.25, -0.2) is 4.79 Å². The summed E-state index contributed by atoms with van der Waals surface area (Å²) >= 11 is 0.490. The van der Waals surface area contributed by atoms with Gasteiger partial charge in [0, 0.05) is 16.5 Å². The van der Waals surface area contributed by atoms with Crippen molar-refractivity contribution in [2.45, 2.75) is 55.3 Å². The van der Waals surface area contributed by atoms with Gasteiger partial charge in [0.2, 0.25) is 5.91 Å². The number of alkyl carbamates (subject to hydrolysis) is 1. The number of carbonyl (C=O) groups is 2. The Labute approximate surface area is 153 Å². The molecular weight excluding hydrogens is 374 g/mol. The molecule has 12 nitrogen and oxygen atoms in total. The number of aliphatic hydroxyl groups excluding tert-OH is 4. The lowest BCUT2D eigenvalue weighted by Crippen LogP contribution is -2.67. The first-order chi connectivity index (χ1) is 12.1. The highest BCUT2D eigenvalue weighted by Gasteiger charge is 2.46. The van der Waals surface area contributed by atoms with Gasteiger partial charge in [-0.3, -0.25) is 4.79 Å². The van der Waals surface area contributed by atoms with Gasteiger partial charge in [-0.15, -0.1) is 4.91 Å². The maximum absolute atomic E-state index is 12.6. The number of methoxy groups -OCH3 is 1. The van der Waals surface area contributed by atoms with Crippen LogP contribution in [0.15, 0.2) is 4.58 Å². The second-order valence-electron chi connectivity index (χ2n) is 6.10. The smallest absolute Gasteiger partial charge is 0.407 e. The Morgan fingerprint density at radius 1 is 1.31 bits per heavy atom. The fraction of sp³-hybridized carbons (Fsp3) is 0.846. The largest absolute Gasteiger partial charge is 0.453 e. The summed E-state index contributed by atoms with van der Waals surface area (Å²) in [5.41, 5.74) is 0. The van der Waals surface area contributed by atoms with Crippen LogP contribution in [-0.2, 0) is 14.3 Å². The summed E-state index contributed by atoms with van der Waals surface area (Å²) in [4.78, 5) is 34.7. The van der Waals surface area contributed by atoms with E-state index in [-0.39, 0.29) is 0 Å². The average molecular weight is 397 g/mol. The molecule has 13 heteroatoms. The molecule has 6 atom stereocenters. The summed E-state index contributed by atoms with van der Waals surface area (Å²) in [6.07, 6.45) is -7.14. The van der Waals surface area contributed by atoms with Gasteiger partial charge in [0.05, 0.1) is 18.5 Å². The number of rotatable bonds is 7. The molecule has 1 fully saturated rings. The third kappa shape index (κ3) is 5.25. The third-order valence-electron chi connectivity index (χ3n) is 3.89. The van der Waals surface area contributed by atoms with Crippen molar-refractivity contribution in [1.29, 1.82) is 0 Å². The molecule has 0 bridgehead atoms. The number of hydrogen-bond donors (Lipinski definition) is 6. The first-order valence-corrected chi connectivity index (χ1v) is 8.32. The monoisotopic (exact) mass is 397 g/mol. The van der Waals surface area contributed by atoms with Gasteiger partial charge >= 0.3 is 6.09 Å².